The van der Waals surface area contributed by atoms with E-state index >= 15 is 0 Å². The Morgan fingerprint density at radius 3 is 2.83 bits per heavy atom. The summed E-state index contributed by atoms with van der Waals surface area (Å²) in [5, 5.41) is 6.11. The molecule has 0 aromatic carbocycles. The van der Waals surface area contributed by atoms with Gasteiger partial charge in [-0.15, -0.1) is 0 Å². The zero-order chi connectivity index (χ0) is 16.7. The fourth-order valence-electron chi connectivity index (χ4n) is 3.15. The van der Waals surface area contributed by atoms with Gasteiger partial charge in [0.15, 0.2) is 5.96 Å². The summed E-state index contributed by atoms with van der Waals surface area (Å²) in [7, 11) is 0. The van der Waals surface area contributed by atoms with Crippen molar-refractivity contribution in [3.8, 4) is 0 Å². The van der Waals surface area contributed by atoms with Crippen molar-refractivity contribution in [3.63, 3.8) is 0 Å². The second-order valence-corrected chi connectivity index (χ2v) is 6.34. The Morgan fingerprint density at radius 1 is 1.39 bits per heavy atom. The van der Waals surface area contributed by atoms with Gasteiger partial charge in [0.05, 0.1) is 19.2 Å². The highest BCUT2D eigenvalue weighted by molar-refractivity contribution is 5.78. The quantitative estimate of drug-likeness (QED) is 0.455. The molecule has 0 aromatic heterocycles. The maximum Gasteiger partial charge on any atom is 0.407 e. The van der Waals surface area contributed by atoms with Crippen molar-refractivity contribution < 1.29 is 9.53 Å². The number of nitrogens with zero attached hydrogens (tertiary/aromatic N) is 2. The number of likely N-dealkylation sites (tertiary alicyclic amines) is 1. The van der Waals surface area contributed by atoms with Gasteiger partial charge < -0.3 is 21.1 Å². The van der Waals surface area contributed by atoms with Crippen molar-refractivity contribution in [2.45, 2.75) is 51.6 Å². The first-order valence-corrected chi connectivity index (χ1v) is 8.85. The van der Waals surface area contributed by atoms with Gasteiger partial charge in [0.2, 0.25) is 0 Å². The summed E-state index contributed by atoms with van der Waals surface area (Å²) < 4.78 is 4.95. The molecule has 1 aliphatic heterocycles. The number of nitrogens with two attached hydrogens (primary N) is 1. The van der Waals surface area contributed by atoms with E-state index in [-0.39, 0.29) is 12.1 Å². The first kappa shape index (κ1) is 17.8. The Balaban J connectivity index is 1.74. The van der Waals surface area contributed by atoms with Gasteiger partial charge in [-0.2, -0.15) is 0 Å². The second kappa shape index (κ2) is 8.96. The number of amides is 1. The van der Waals surface area contributed by atoms with Crippen molar-refractivity contribution >= 4 is 12.1 Å². The molecule has 1 saturated heterocycles. The standard InChI is InChI=1S/C16H31N5O2/c1-3-21-9-5-6-13(21)10-18-15(17)19-11-14(12-7-8-12)20-16(22)23-4-2/h12-14H,3-11H2,1-2H3,(H,20,22)(H3,17,18,19). The molecular weight excluding hydrogens is 294 g/mol. The molecule has 1 amide bonds. The van der Waals surface area contributed by atoms with E-state index in [1.165, 1.54) is 19.4 Å². The number of likely N-dealkylation sites (N-methyl/N-ethyl adjacent to an activating group) is 1. The minimum atomic E-state index is -0.365. The van der Waals surface area contributed by atoms with Crippen LogP contribution >= 0.6 is 0 Å². The van der Waals surface area contributed by atoms with E-state index in [1.54, 1.807) is 6.92 Å². The Kier molecular flexibility index (Phi) is 6.95. The van der Waals surface area contributed by atoms with Gasteiger partial charge in [0, 0.05) is 12.6 Å². The van der Waals surface area contributed by atoms with Crippen LogP contribution in [0.3, 0.4) is 0 Å². The molecule has 0 aromatic rings. The van der Waals surface area contributed by atoms with Crippen LogP contribution in [0.1, 0.15) is 39.5 Å². The van der Waals surface area contributed by atoms with Crippen LogP contribution in [0.15, 0.2) is 4.99 Å². The number of guanidine groups is 1. The molecule has 4 N–H and O–H groups in total. The lowest BCUT2D eigenvalue weighted by Gasteiger charge is -2.23. The highest BCUT2D eigenvalue weighted by atomic mass is 16.5. The lowest BCUT2D eigenvalue weighted by atomic mass is 10.2. The molecule has 2 fully saturated rings. The number of carbonyl (C=O) groups is 1. The number of hydrogen-bond donors (Lipinski definition) is 3. The summed E-state index contributed by atoms with van der Waals surface area (Å²) >= 11 is 0. The van der Waals surface area contributed by atoms with Crippen molar-refractivity contribution in [2.75, 3.05) is 32.8 Å². The van der Waals surface area contributed by atoms with Crippen molar-refractivity contribution in [1.82, 2.24) is 15.5 Å². The first-order valence-electron chi connectivity index (χ1n) is 8.85. The van der Waals surface area contributed by atoms with Crippen LogP contribution in [0, 0.1) is 5.92 Å². The number of aliphatic imine (C=N–C) groups is 1. The summed E-state index contributed by atoms with van der Waals surface area (Å²) in [6.45, 7) is 7.97. The van der Waals surface area contributed by atoms with Crippen LogP contribution in [-0.2, 0) is 4.74 Å². The van der Waals surface area contributed by atoms with Crippen LogP contribution < -0.4 is 16.4 Å². The summed E-state index contributed by atoms with van der Waals surface area (Å²) in [5.41, 5.74) is 5.97. The van der Waals surface area contributed by atoms with Gasteiger partial charge in [-0.1, -0.05) is 6.92 Å². The highest BCUT2D eigenvalue weighted by Gasteiger charge is 2.32. The van der Waals surface area contributed by atoms with E-state index in [9.17, 15) is 4.79 Å². The topological polar surface area (TPSA) is 92.0 Å². The van der Waals surface area contributed by atoms with E-state index in [0.717, 1.165) is 25.9 Å². The number of alkyl carbamates (subject to hydrolysis) is 1. The van der Waals surface area contributed by atoms with Gasteiger partial charge in [0.25, 0.3) is 0 Å². The fraction of sp³-hybridized carbons (Fsp3) is 0.875. The third kappa shape index (κ3) is 5.89. The van der Waals surface area contributed by atoms with Gasteiger partial charge in [-0.05, 0) is 51.6 Å². The highest BCUT2D eigenvalue weighted by Crippen LogP contribution is 2.32. The minimum absolute atomic E-state index is 0.0213. The zero-order valence-electron chi connectivity index (χ0n) is 14.4. The maximum atomic E-state index is 11.6. The fourth-order valence-corrected chi connectivity index (χ4v) is 3.15. The Labute approximate surface area is 139 Å². The molecule has 0 bridgehead atoms. The third-order valence-corrected chi connectivity index (χ3v) is 4.65. The molecule has 2 atom stereocenters. The summed E-state index contributed by atoms with van der Waals surface area (Å²) in [6, 6.07) is 0.568. The van der Waals surface area contributed by atoms with Crippen molar-refractivity contribution in [1.29, 1.82) is 0 Å². The van der Waals surface area contributed by atoms with Gasteiger partial charge in [-0.3, -0.25) is 9.89 Å². The molecule has 7 heteroatoms. The smallest absolute Gasteiger partial charge is 0.407 e. The van der Waals surface area contributed by atoms with E-state index < -0.39 is 0 Å². The zero-order valence-corrected chi connectivity index (χ0v) is 14.4. The van der Waals surface area contributed by atoms with Crippen LogP contribution in [0.25, 0.3) is 0 Å². The average Bonchev–Trinajstić information content (AvgIpc) is 3.28. The van der Waals surface area contributed by atoms with Gasteiger partial charge in [-0.25, -0.2) is 4.79 Å². The van der Waals surface area contributed by atoms with Gasteiger partial charge in [0.1, 0.15) is 0 Å². The second-order valence-electron chi connectivity index (χ2n) is 6.34. The Hall–Kier alpha value is -1.50. The maximum absolute atomic E-state index is 11.6. The van der Waals surface area contributed by atoms with Crippen molar-refractivity contribution in [3.05, 3.63) is 0 Å². The summed E-state index contributed by atoms with van der Waals surface area (Å²) in [6.07, 6.45) is 4.37. The number of hydrogen-bond acceptors (Lipinski definition) is 4. The molecule has 1 aliphatic carbocycles. The van der Waals surface area contributed by atoms with E-state index in [1.807, 2.05) is 0 Å². The van der Waals surface area contributed by atoms with E-state index in [0.29, 0.717) is 31.1 Å². The minimum Gasteiger partial charge on any atom is -0.450 e. The molecule has 2 aliphatic rings. The van der Waals surface area contributed by atoms with Crippen LogP contribution in [-0.4, -0.2) is 61.8 Å². The predicted molar refractivity (Wildman–Crippen MR) is 91.4 cm³/mol. The largest absolute Gasteiger partial charge is 0.450 e. The Morgan fingerprint density at radius 2 is 2.17 bits per heavy atom. The normalized spacial score (nSPS) is 23.6. The third-order valence-electron chi connectivity index (χ3n) is 4.65. The lowest BCUT2D eigenvalue weighted by molar-refractivity contribution is 0.147. The molecule has 2 rings (SSSR count). The number of ether oxygens (including phenoxy) is 1. The monoisotopic (exact) mass is 325 g/mol. The summed E-state index contributed by atoms with van der Waals surface area (Å²) in [5.74, 6) is 0.964. The molecule has 0 radical (unpaired) electrons. The van der Waals surface area contributed by atoms with Crippen LogP contribution in [0.5, 0.6) is 0 Å². The van der Waals surface area contributed by atoms with Crippen molar-refractivity contribution in [2.24, 2.45) is 16.6 Å². The lowest BCUT2D eigenvalue weighted by Crippen LogP contribution is -2.44. The predicted octanol–water partition coefficient (Wildman–Crippen LogP) is 0.900. The molecule has 23 heavy (non-hydrogen) atoms. The van der Waals surface area contributed by atoms with E-state index in [2.05, 4.69) is 27.4 Å². The van der Waals surface area contributed by atoms with E-state index in [4.69, 9.17) is 10.5 Å². The SMILES string of the molecule is CCOC(=O)NC(CN=C(N)NCC1CCCN1CC)C1CC1. The number of nitrogens with one attached hydrogen (secondary N) is 2. The number of carbonyl (C=O) groups excluding carboxylic acids is 1. The molecular formula is C16H31N5O2. The summed E-state index contributed by atoms with van der Waals surface area (Å²) in [4.78, 5) is 18.4. The molecule has 1 saturated carbocycles. The molecule has 132 valence electrons. The average molecular weight is 325 g/mol. The number of rotatable bonds is 8. The molecule has 1 heterocycles. The van der Waals surface area contributed by atoms with Crippen LogP contribution in [0.4, 0.5) is 4.79 Å². The van der Waals surface area contributed by atoms with Crippen LogP contribution in [0.2, 0.25) is 0 Å². The Bertz CT molecular complexity index is 411. The molecule has 7 nitrogen and oxygen atoms in total. The van der Waals surface area contributed by atoms with Gasteiger partial charge >= 0.3 is 6.09 Å². The molecule has 2 unspecified atom stereocenters. The molecule has 0 spiro atoms. The first-order chi connectivity index (χ1) is 11.1.